The molecule has 0 radical (unpaired) electrons. The van der Waals surface area contributed by atoms with Gasteiger partial charge >= 0.3 is 0 Å². The Morgan fingerprint density at radius 3 is 3.00 bits per heavy atom. The van der Waals surface area contributed by atoms with Gasteiger partial charge in [-0.25, -0.2) is 0 Å². The summed E-state index contributed by atoms with van der Waals surface area (Å²) < 4.78 is 1.98. The van der Waals surface area contributed by atoms with Gasteiger partial charge in [-0.15, -0.1) is 0 Å². The first-order valence-electron chi connectivity index (χ1n) is 4.50. The molecule has 0 aromatic carbocycles. The van der Waals surface area contributed by atoms with Crippen LogP contribution < -0.4 is 0 Å². The van der Waals surface area contributed by atoms with Crippen LogP contribution in [-0.2, 0) is 11.9 Å². The number of aromatic nitrogens is 2. The Labute approximate surface area is 95.7 Å². The van der Waals surface area contributed by atoms with Crippen LogP contribution in [0, 0.1) is 0 Å². The van der Waals surface area contributed by atoms with Gasteiger partial charge in [0.05, 0.1) is 5.69 Å². The number of hydrogen-bond donors (Lipinski definition) is 0. The van der Waals surface area contributed by atoms with Crippen molar-refractivity contribution in [2.75, 3.05) is 0 Å². The van der Waals surface area contributed by atoms with Crippen molar-refractivity contribution >= 4 is 27.3 Å². The van der Waals surface area contributed by atoms with Crippen LogP contribution in [0.3, 0.4) is 0 Å². The molecule has 0 N–H and O–H groups in total. The summed E-state index contributed by atoms with van der Waals surface area (Å²) in [5.74, 6) is 0. The molecular formula is C10H11BrN2S. The van der Waals surface area contributed by atoms with Crippen LogP contribution in [0.25, 0.3) is 11.3 Å². The number of rotatable bonds is 3. The maximum atomic E-state index is 4.54. The molecule has 74 valence electrons. The molecule has 2 rings (SSSR count). The van der Waals surface area contributed by atoms with E-state index in [1.807, 2.05) is 4.68 Å². The van der Waals surface area contributed by atoms with E-state index in [1.165, 1.54) is 11.1 Å². The van der Waals surface area contributed by atoms with Crippen LogP contribution in [0.5, 0.6) is 0 Å². The molecule has 0 aliphatic heterocycles. The fourth-order valence-corrected chi connectivity index (χ4v) is 2.42. The van der Waals surface area contributed by atoms with Gasteiger partial charge in [0.2, 0.25) is 0 Å². The smallest absolute Gasteiger partial charge is 0.0971 e. The predicted octanol–water partition coefficient (Wildman–Crippen LogP) is 3.53. The molecule has 4 heteroatoms. The Bertz CT molecular complexity index is 406. The third-order valence-electron chi connectivity index (χ3n) is 2.10. The van der Waals surface area contributed by atoms with Crippen molar-refractivity contribution in [3.63, 3.8) is 0 Å². The molecule has 0 unspecified atom stereocenters. The lowest BCUT2D eigenvalue weighted by atomic mass is 10.2. The highest BCUT2D eigenvalue weighted by molar-refractivity contribution is 9.08. The second-order valence-corrected chi connectivity index (χ2v) is 4.35. The van der Waals surface area contributed by atoms with E-state index in [1.54, 1.807) is 11.3 Å². The Morgan fingerprint density at radius 1 is 1.57 bits per heavy atom. The molecule has 0 amide bonds. The topological polar surface area (TPSA) is 17.8 Å². The van der Waals surface area contributed by atoms with Gasteiger partial charge in [0, 0.05) is 34.6 Å². The van der Waals surface area contributed by atoms with E-state index in [0.29, 0.717) is 0 Å². The summed E-state index contributed by atoms with van der Waals surface area (Å²) >= 11 is 5.19. The molecule has 2 heterocycles. The van der Waals surface area contributed by atoms with E-state index in [0.717, 1.165) is 17.6 Å². The summed E-state index contributed by atoms with van der Waals surface area (Å²) in [7, 11) is 0. The van der Waals surface area contributed by atoms with E-state index in [-0.39, 0.29) is 0 Å². The van der Waals surface area contributed by atoms with Crippen LogP contribution in [0.4, 0.5) is 0 Å². The highest BCUT2D eigenvalue weighted by atomic mass is 79.9. The van der Waals surface area contributed by atoms with Crippen molar-refractivity contribution in [1.29, 1.82) is 0 Å². The van der Waals surface area contributed by atoms with E-state index in [2.05, 4.69) is 51.0 Å². The minimum Gasteiger partial charge on any atom is -0.272 e. The molecule has 0 aliphatic carbocycles. The van der Waals surface area contributed by atoms with Crippen molar-refractivity contribution in [1.82, 2.24) is 9.78 Å². The second kappa shape index (κ2) is 4.28. The van der Waals surface area contributed by atoms with Crippen LogP contribution in [0.2, 0.25) is 0 Å². The molecule has 0 atom stereocenters. The molecule has 14 heavy (non-hydrogen) atoms. The SMILES string of the molecule is CCn1cc(CBr)c(-c2ccsc2)n1. The quantitative estimate of drug-likeness (QED) is 0.781. The molecule has 0 fully saturated rings. The second-order valence-electron chi connectivity index (χ2n) is 3.00. The van der Waals surface area contributed by atoms with Crippen LogP contribution in [0.1, 0.15) is 12.5 Å². The summed E-state index contributed by atoms with van der Waals surface area (Å²) in [6.07, 6.45) is 2.10. The van der Waals surface area contributed by atoms with Gasteiger partial charge in [0.1, 0.15) is 0 Å². The monoisotopic (exact) mass is 270 g/mol. The van der Waals surface area contributed by atoms with E-state index >= 15 is 0 Å². The molecule has 2 aromatic heterocycles. The van der Waals surface area contributed by atoms with Gasteiger partial charge in [-0.1, -0.05) is 15.9 Å². The van der Waals surface area contributed by atoms with E-state index < -0.39 is 0 Å². The zero-order chi connectivity index (χ0) is 9.97. The largest absolute Gasteiger partial charge is 0.272 e. The number of thiophene rings is 1. The maximum absolute atomic E-state index is 4.54. The highest BCUT2D eigenvalue weighted by Crippen LogP contribution is 2.25. The van der Waals surface area contributed by atoms with Crippen molar-refractivity contribution in [2.24, 2.45) is 0 Å². The summed E-state index contributed by atoms with van der Waals surface area (Å²) in [5, 5.41) is 9.61. The van der Waals surface area contributed by atoms with Gasteiger partial charge < -0.3 is 0 Å². The maximum Gasteiger partial charge on any atom is 0.0971 e. The van der Waals surface area contributed by atoms with Crippen molar-refractivity contribution in [3.05, 3.63) is 28.6 Å². The minimum atomic E-state index is 0.859. The standard InChI is InChI=1S/C10H11BrN2S/c1-2-13-6-9(5-11)10(12-13)8-3-4-14-7-8/h3-4,6-7H,2,5H2,1H3. The van der Waals surface area contributed by atoms with Gasteiger partial charge in [-0.3, -0.25) is 4.68 Å². The third kappa shape index (κ3) is 1.77. The summed E-state index contributed by atoms with van der Waals surface area (Å²) in [6, 6.07) is 2.11. The molecular weight excluding hydrogens is 260 g/mol. The van der Waals surface area contributed by atoms with Crippen LogP contribution >= 0.6 is 27.3 Å². The summed E-state index contributed by atoms with van der Waals surface area (Å²) in [6.45, 7) is 3.02. The number of halogens is 1. The zero-order valence-electron chi connectivity index (χ0n) is 7.90. The molecule has 0 spiro atoms. The Kier molecular flexibility index (Phi) is 3.03. The van der Waals surface area contributed by atoms with Gasteiger partial charge in [-0.05, 0) is 18.4 Å². The first kappa shape index (κ1) is 9.93. The Balaban J connectivity index is 2.46. The van der Waals surface area contributed by atoms with Gasteiger partial charge in [-0.2, -0.15) is 16.4 Å². The highest BCUT2D eigenvalue weighted by Gasteiger charge is 2.09. The van der Waals surface area contributed by atoms with Gasteiger partial charge in [0.15, 0.2) is 0 Å². The molecule has 2 nitrogen and oxygen atoms in total. The normalized spacial score (nSPS) is 10.7. The fraction of sp³-hybridized carbons (Fsp3) is 0.300. The number of alkyl halides is 1. The van der Waals surface area contributed by atoms with Crippen molar-refractivity contribution < 1.29 is 0 Å². The average molecular weight is 271 g/mol. The molecule has 2 aromatic rings. The lowest BCUT2D eigenvalue weighted by molar-refractivity contribution is 0.661. The molecule has 0 bridgehead atoms. The van der Waals surface area contributed by atoms with Crippen molar-refractivity contribution in [3.8, 4) is 11.3 Å². The zero-order valence-corrected chi connectivity index (χ0v) is 10.3. The first-order valence-corrected chi connectivity index (χ1v) is 6.56. The number of aryl methyl sites for hydroxylation is 1. The molecule has 0 saturated carbocycles. The number of nitrogens with zero attached hydrogens (tertiary/aromatic N) is 2. The summed E-state index contributed by atoms with van der Waals surface area (Å²) in [4.78, 5) is 0. The van der Waals surface area contributed by atoms with Crippen LogP contribution in [-0.4, -0.2) is 9.78 Å². The fourth-order valence-electron chi connectivity index (χ4n) is 1.36. The number of hydrogen-bond acceptors (Lipinski definition) is 2. The predicted molar refractivity (Wildman–Crippen MR) is 63.8 cm³/mol. The summed E-state index contributed by atoms with van der Waals surface area (Å²) in [5.41, 5.74) is 3.58. The van der Waals surface area contributed by atoms with E-state index in [4.69, 9.17) is 0 Å². The molecule has 0 aliphatic rings. The molecule has 0 saturated heterocycles. The lowest BCUT2D eigenvalue weighted by Gasteiger charge is -1.93. The van der Waals surface area contributed by atoms with Crippen LogP contribution in [0.15, 0.2) is 23.0 Å². The Morgan fingerprint density at radius 2 is 2.43 bits per heavy atom. The average Bonchev–Trinajstić information content (AvgIpc) is 2.85. The van der Waals surface area contributed by atoms with Gasteiger partial charge in [0.25, 0.3) is 0 Å². The minimum absolute atomic E-state index is 0.859. The third-order valence-corrected chi connectivity index (χ3v) is 3.39. The Hall–Kier alpha value is -0.610. The lowest BCUT2D eigenvalue weighted by Crippen LogP contribution is -1.93. The van der Waals surface area contributed by atoms with E-state index in [9.17, 15) is 0 Å². The van der Waals surface area contributed by atoms with Crippen molar-refractivity contribution in [2.45, 2.75) is 18.8 Å². The first-order chi connectivity index (χ1) is 6.85.